The molecule has 6 heteroatoms. The van der Waals surface area contributed by atoms with Crippen LogP contribution < -0.4 is 4.72 Å². The van der Waals surface area contributed by atoms with Gasteiger partial charge in [-0.2, -0.15) is 0 Å². The first-order chi connectivity index (χ1) is 8.97. The highest BCUT2D eigenvalue weighted by atomic mass is 32.2. The van der Waals surface area contributed by atoms with Crippen LogP contribution in [0, 0.1) is 13.8 Å². The van der Waals surface area contributed by atoms with Crippen molar-refractivity contribution >= 4 is 10.0 Å². The summed E-state index contributed by atoms with van der Waals surface area (Å²) in [6, 6.07) is 6.72. The van der Waals surface area contributed by atoms with E-state index in [1.165, 1.54) is 0 Å². The zero-order chi connectivity index (χ0) is 13.9. The third-order valence-corrected chi connectivity index (χ3v) is 4.11. The lowest BCUT2D eigenvalue weighted by molar-refractivity contribution is 0.469. The van der Waals surface area contributed by atoms with E-state index in [1.807, 2.05) is 6.92 Å². The predicted molar refractivity (Wildman–Crippen MR) is 71.3 cm³/mol. The molecule has 2 aromatic rings. The molecule has 102 valence electrons. The van der Waals surface area contributed by atoms with E-state index < -0.39 is 10.0 Å². The molecule has 2 rings (SSSR count). The Bertz CT molecular complexity index is 645. The maximum Gasteiger partial charge on any atom is 0.240 e. The van der Waals surface area contributed by atoms with Crippen LogP contribution in [-0.2, 0) is 16.4 Å². The van der Waals surface area contributed by atoms with Crippen molar-refractivity contribution < 1.29 is 12.8 Å². The van der Waals surface area contributed by atoms with E-state index in [2.05, 4.69) is 9.71 Å². The van der Waals surface area contributed by atoms with Crippen LogP contribution in [0.2, 0.25) is 0 Å². The number of aryl methyl sites for hydroxylation is 2. The molecule has 0 fully saturated rings. The molecule has 0 aliphatic heterocycles. The van der Waals surface area contributed by atoms with Gasteiger partial charge in [-0.15, -0.1) is 0 Å². The van der Waals surface area contributed by atoms with Gasteiger partial charge in [0.1, 0.15) is 5.76 Å². The van der Waals surface area contributed by atoms with E-state index in [-0.39, 0.29) is 11.4 Å². The average molecular weight is 280 g/mol. The SMILES string of the molecule is Cc1ccc(S(=O)(=O)NCCc2ncc(C)o2)cc1. The molecule has 0 radical (unpaired) electrons. The number of benzene rings is 1. The second-order valence-electron chi connectivity index (χ2n) is 4.33. The Balaban J connectivity index is 1.96. The monoisotopic (exact) mass is 280 g/mol. The summed E-state index contributed by atoms with van der Waals surface area (Å²) in [5.74, 6) is 1.25. The number of hydrogen-bond donors (Lipinski definition) is 1. The fourth-order valence-electron chi connectivity index (χ4n) is 1.61. The second-order valence-corrected chi connectivity index (χ2v) is 6.09. The van der Waals surface area contributed by atoms with Crippen molar-refractivity contribution in [3.8, 4) is 0 Å². The third-order valence-electron chi connectivity index (χ3n) is 2.63. The molecule has 1 aromatic heterocycles. The largest absolute Gasteiger partial charge is 0.446 e. The highest BCUT2D eigenvalue weighted by molar-refractivity contribution is 7.89. The summed E-state index contributed by atoms with van der Waals surface area (Å²) in [4.78, 5) is 4.28. The normalized spacial score (nSPS) is 11.7. The number of aromatic nitrogens is 1. The van der Waals surface area contributed by atoms with Crippen LogP contribution in [0.4, 0.5) is 0 Å². The van der Waals surface area contributed by atoms with Gasteiger partial charge in [0.05, 0.1) is 11.1 Å². The Morgan fingerprint density at radius 2 is 1.89 bits per heavy atom. The number of hydrogen-bond acceptors (Lipinski definition) is 4. The summed E-state index contributed by atoms with van der Waals surface area (Å²) in [7, 11) is -3.46. The maximum atomic E-state index is 12.0. The average Bonchev–Trinajstić information content (AvgIpc) is 2.75. The van der Waals surface area contributed by atoms with E-state index in [4.69, 9.17) is 4.42 Å². The zero-order valence-corrected chi connectivity index (χ0v) is 11.7. The second kappa shape index (κ2) is 5.54. The van der Waals surface area contributed by atoms with Gasteiger partial charge < -0.3 is 4.42 Å². The van der Waals surface area contributed by atoms with Gasteiger partial charge in [0.25, 0.3) is 0 Å². The summed E-state index contributed by atoms with van der Waals surface area (Å²) >= 11 is 0. The van der Waals surface area contributed by atoms with Gasteiger partial charge in [-0.05, 0) is 26.0 Å². The quantitative estimate of drug-likeness (QED) is 0.906. The third kappa shape index (κ3) is 3.65. The summed E-state index contributed by atoms with van der Waals surface area (Å²) in [5, 5.41) is 0. The molecule has 0 saturated heterocycles. The van der Waals surface area contributed by atoms with Crippen molar-refractivity contribution in [3.63, 3.8) is 0 Å². The van der Waals surface area contributed by atoms with Crippen LogP contribution in [0.25, 0.3) is 0 Å². The van der Waals surface area contributed by atoms with Gasteiger partial charge >= 0.3 is 0 Å². The van der Waals surface area contributed by atoms with Crippen LogP contribution in [0.5, 0.6) is 0 Å². The molecular weight excluding hydrogens is 264 g/mol. The highest BCUT2D eigenvalue weighted by Crippen LogP contribution is 2.10. The first-order valence-electron chi connectivity index (χ1n) is 5.95. The minimum Gasteiger partial charge on any atom is -0.446 e. The van der Waals surface area contributed by atoms with Crippen molar-refractivity contribution in [2.24, 2.45) is 0 Å². The Morgan fingerprint density at radius 3 is 2.47 bits per heavy atom. The van der Waals surface area contributed by atoms with Crippen LogP contribution in [0.15, 0.2) is 39.8 Å². The van der Waals surface area contributed by atoms with E-state index in [9.17, 15) is 8.42 Å². The summed E-state index contributed by atoms with van der Waals surface area (Å²) in [6.07, 6.45) is 2.04. The van der Waals surface area contributed by atoms with Crippen LogP contribution >= 0.6 is 0 Å². The summed E-state index contributed by atoms with van der Waals surface area (Å²) in [5.41, 5.74) is 1.02. The van der Waals surface area contributed by atoms with Crippen molar-refractivity contribution in [3.05, 3.63) is 47.7 Å². The van der Waals surface area contributed by atoms with Gasteiger partial charge in [-0.25, -0.2) is 18.1 Å². The minimum atomic E-state index is -3.46. The number of nitrogens with zero attached hydrogens (tertiary/aromatic N) is 1. The number of nitrogens with one attached hydrogen (secondary N) is 1. The topological polar surface area (TPSA) is 72.2 Å². The zero-order valence-electron chi connectivity index (χ0n) is 10.9. The lowest BCUT2D eigenvalue weighted by Crippen LogP contribution is -2.26. The van der Waals surface area contributed by atoms with Crippen molar-refractivity contribution in [1.29, 1.82) is 0 Å². The molecule has 19 heavy (non-hydrogen) atoms. The lowest BCUT2D eigenvalue weighted by Gasteiger charge is -2.05. The van der Waals surface area contributed by atoms with Crippen LogP contribution in [0.1, 0.15) is 17.2 Å². The summed E-state index contributed by atoms with van der Waals surface area (Å²) < 4.78 is 31.8. The van der Waals surface area contributed by atoms with Gasteiger partial charge in [-0.1, -0.05) is 17.7 Å². The first kappa shape index (κ1) is 13.8. The van der Waals surface area contributed by atoms with Crippen LogP contribution in [0.3, 0.4) is 0 Å². The Hall–Kier alpha value is -1.66. The predicted octanol–water partition coefficient (Wildman–Crippen LogP) is 1.81. The smallest absolute Gasteiger partial charge is 0.240 e. The number of sulfonamides is 1. The van der Waals surface area contributed by atoms with E-state index in [0.717, 1.165) is 11.3 Å². The standard InChI is InChI=1S/C13H16N2O3S/c1-10-3-5-12(6-4-10)19(16,17)15-8-7-13-14-9-11(2)18-13/h3-6,9,15H,7-8H2,1-2H3. The molecule has 0 unspecified atom stereocenters. The van der Waals surface area contributed by atoms with Crippen molar-refractivity contribution in [2.75, 3.05) is 6.54 Å². The maximum absolute atomic E-state index is 12.0. The lowest BCUT2D eigenvalue weighted by atomic mass is 10.2. The molecular formula is C13H16N2O3S. The fraction of sp³-hybridized carbons (Fsp3) is 0.308. The van der Waals surface area contributed by atoms with E-state index >= 15 is 0 Å². The summed E-state index contributed by atoms with van der Waals surface area (Å²) in [6.45, 7) is 3.97. The fourth-order valence-corrected chi connectivity index (χ4v) is 2.64. The molecule has 0 aliphatic rings. The molecule has 0 spiro atoms. The van der Waals surface area contributed by atoms with E-state index in [0.29, 0.717) is 12.3 Å². The molecule has 1 aromatic carbocycles. The highest BCUT2D eigenvalue weighted by Gasteiger charge is 2.13. The molecule has 1 N–H and O–H groups in total. The molecule has 5 nitrogen and oxygen atoms in total. The Labute approximate surface area is 112 Å². The number of oxazole rings is 1. The van der Waals surface area contributed by atoms with Gasteiger partial charge in [0, 0.05) is 13.0 Å². The minimum absolute atomic E-state index is 0.260. The van der Waals surface area contributed by atoms with Gasteiger partial charge in [-0.3, -0.25) is 0 Å². The van der Waals surface area contributed by atoms with Gasteiger partial charge in [0.2, 0.25) is 10.0 Å². The Morgan fingerprint density at radius 1 is 1.21 bits per heavy atom. The molecule has 0 aliphatic carbocycles. The molecule has 1 heterocycles. The molecule has 0 bridgehead atoms. The van der Waals surface area contributed by atoms with Crippen molar-refractivity contribution in [1.82, 2.24) is 9.71 Å². The van der Waals surface area contributed by atoms with E-state index in [1.54, 1.807) is 37.4 Å². The van der Waals surface area contributed by atoms with Gasteiger partial charge in [0.15, 0.2) is 5.89 Å². The number of rotatable bonds is 5. The van der Waals surface area contributed by atoms with Crippen molar-refractivity contribution in [2.45, 2.75) is 25.2 Å². The molecule has 0 atom stereocenters. The first-order valence-corrected chi connectivity index (χ1v) is 7.43. The van der Waals surface area contributed by atoms with Crippen LogP contribution in [-0.4, -0.2) is 19.9 Å². The Kier molecular flexibility index (Phi) is 4.01. The molecule has 0 amide bonds. The molecule has 0 saturated carbocycles.